The highest BCUT2D eigenvalue weighted by Gasteiger charge is 2.25. The molecule has 2 aromatic rings. The molecule has 126 valence electrons. The average molecular weight is 325 g/mol. The summed E-state index contributed by atoms with van der Waals surface area (Å²) in [6.07, 6.45) is 7.94. The third kappa shape index (κ3) is 3.42. The summed E-state index contributed by atoms with van der Waals surface area (Å²) < 4.78 is 1.86. The molecule has 1 aliphatic heterocycles. The third-order valence-corrected chi connectivity index (χ3v) is 4.97. The highest BCUT2D eigenvalue weighted by atomic mass is 16.2. The second-order valence-electron chi connectivity index (χ2n) is 6.79. The Balaban J connectivity index is 1.30. The molecule has 1 unspecified atom stereocenters. The SMILES string of the molecule is O=C(NCc1ccc(C2CC2)cc1)N1CCCC(n2cncn2)C1. The van der Waals surface area contributed by atoms with Gasteiger partial charge in [-0.1, -0.05) is 24.3 Å². The first-order valence-electron chi connectivity index (χ1n) is 8.75. The number of piperidine rings is 1. The van der Waals surface area contributed by atoms with Gasteiger partial charge in [0.2, 0.25) is 0 Å². The summed E-state index contributed by atoms with van der Waals surface area (Å²) in [6.45, 7) is 2.07. The highest BCUT2D eigenvalue weighted by Crippen LogP contribution is 2.39. The van der Waals surface area contributed by atoms with Crippen LogP contribution in [0.4, 0.5) is 4.79 Å². The standard InChI is InChI=1S/C18H23N5O/c24-18(20-10-14-3-5-15(6-4-14)16-7-8-16)22-9-1-2-17(11-22)23-13-19-12-21-23/h3-6,12-13,16-17H,1-2,7-11H2,(H,20,24). The molecule has 0 bridgehead atoms. The molecule has 2 aliphatic rings. The second-order valence-corrected chi connectivity index (χ2v) is 6.79. The normalized spacial score (nSPS) is 20.8. The number of hydrogen-bond donors (Lipinski definition) is 1. The summed E-state index contributed by atoms with van der Waals surface area (Å²) in [5.74, 6) is 0.774. The predicted octanol–water partition coefficient (Wildman–Crippen LogP) is 2.70. The summed E-state index contributed by atoms with van der Waals surface area (Å²) in [4.78, 5) is 18.3. The Morgan fingerprint density at radius 2 is 2.04 bits per heavy atom. The zero-order valence-electron chi connectivity index (χ0n) is 13.8. The van der Waals surface area contributed by atoms with Gasteiger partial charge in [-0.15, -0.1) is 0 Å². The minimum Gasteiger partial charge on any atom is -0.334 e. The van der Waals surface area contributed by atoms with Crippen LogP contribution in [0.5, 0.6) is 0 Å². The number of aromatic nitrogens is 3. The Kier molecular flexibility index (Phi) is 4.19. The zero-order chi connectivity index (χ0) is 16.4. The van der Waals surface area contributed by atoms with Gasteiger partial charge in [0.1, 0.15) is 12.7 Å². The molecule has 4 rings (SSSR count). The lowest BCUT2D eigenvalue weighted by molar-refractivity contribution is 0.163. The molecule has 0 radical (unpaired) electrons. The summed E-state index contributed by atoms with van der Waals surface area (Å²) in [7, 11) is 0. The topological polar surface area (TPSA) is 63.1 Å². The van der Waals surface area contributed by atoms with E-state index in [1.54, 1.807) is 12.7 Å². The first kappa shape index (κ1) is 15.2. The maximum absolute atomic E-state index is 12.4. The van der Waals surface area contributed by atoms with Gasteiger partial charge in [0.05, 0.1) is 6.04 Å². The number of carbonyl (C=O) groups excluding carboxylic acids is 1. The van der Waals surface area contributed by atoms with Gasteiger partial charge in [0.25, 0.3) is 0 Å². The number of likely N-dealkylation sites (tertiary alicyclic amines) is 1. The third-order valence-electron chi connectivity index (χ3n) is 4.97. The van der Waals surface area contributed by atoms with Gasteiger partial charge in [-0.2, -0.15) is 5.10 Å². The van der Waals surface area contributed by atoms with Gasteiger partial charge in [0, 0.05) is 19.6 Å². The Hall–Kier alpha value is -2.37. The lowest BCUT2D eigenvalue weighted by atomic mass is 10.1. The Labute approximate surface area is 141 Å². The van der Waals surface area contributed by atoms with Crippen LogP contribution in [0, 0.1) is 0 Å². The number of rotatable bonds is 4. The molecule has 2 heterocycles. The van der Waals surface area contributed by atoms with Crippen molar-refractivity contribution < 1.29 is 4.79 Å². The van der Waals surface area contributed by atoms with E-state index in [1.165, 1.54) is 18.4 Å². The van der Waals surface area contributed by atoms with Gasteiger partial charge in [0.15, 0.2) is 0 Å². The molecule has 0 spiro atoms. The van der Waals surface area contributed by atoms with Crippen molar-refractivity contribution in [1.29, 1.82) is 0 Å². The van der Waals surface area contributed by atoms with Gasteiger partial charge in [-0.25, -0.2) is 14.5 Å². The number of hydrogen-bond acceptors (Lipinski definition) is 3. The van der Waals surface area contributed by atoms with E-state index in [1.807, 2.05) is 9.58 Å². The van der Waals surface area contributed by atoms with E-state index >= 15 is 0 Å². The molecule has 6 heteroatoms. The molecule has 1 aromatic carbocycles. The fourth-order valence-electron chi connectivity index (χ4n) is 3.37. The van der Waals surface area contributed by atoms with Gasteiger partial charge >= 0.3 is 6.03 Å². The van der Waals surface area contributed by atoms with E-state index in [4.69, 9.17) is 0 Å². The summed E-state index contributed by atoms with van der Waals surface area (Å²) in [6, 6.07) is 8.88. The number of nitrogens with zero attached hydrogens (tertiary/aromatic N) is 4. The van der Waals surface area contributed by atoms with Crippen molar-refractivity contribution in [1.82, 2.24) is 25.0 Å². The second kappa shape index (κ2) is 6.63. The summed E-state index contributed by atoms with van der Waals surface area (Å²) in [5.41, 5.74) is 2.58. The Morgan fingerprint density at radius 1 is 1.21 bits per heavy atom. The smallest absolute Gasteiger partial charge is 0.317 e. The quantitative estimate of drug-likeness (QED) is 0.940. The van der Waals surface area contributed by atoms with Gasteiger partial charge in [-0.05, 0) is 42.7 Å². The molecular formula is C18H23N5O. The minimum absolute atomic E-state index is 0.00563. The van der Waals surface area contributed by atoms with E-state index in [0.717, 1.165) is 30.9 Å². The van der Waals surface area contributed by atoms with Crippen molar-refractivity contribution in [2.75, 3.05) is 13.1 Å². The number of benzene rings is 1. The van der Waals surface area contributed by atoms with Crippen LogP contribution in [0.15, 0.2) is 36.9 Å². The summed E-state index contributed by atoms with van der Waals surface area (Å²) in [5, 5.41) is 7.24. The molecule has 1 saturated carbocycles. The average Bonchev–Trinajstić information content (AvgIpc) is 3.34. The number of urea groups is 1. The van der Waals surface area contributed by atoms with Crippen molar-refractivity contribution in [2.24, 2.45) is 0 Å². The minimum atomic E-state index is 0.00563. The lowest BCUT2D eigenvalue weighted by Crippen LogP contribution is -2.45. The molecule has 1 aromatic heterocycles. The largest absolute Gasteiger partial charge is 0.334 e. The first-order chi connectivity index (χ1) is 11.8. The van der Waals surface area contributed by atoms with Crippen LogP contribution in [-0.4, -0.2) is 38.8 Å². The molecule has 6 nitrogen and oxygen atoms in total. The van der Waals surface area contributed by atoms with Crippen molar-refractivity contribution >= 4 is 6.03 Å². The summed E-state index contributed by atoms with van der Waals surface area (Å²) >= 11 is 0. The van der Waals surface area contributed by atoms with Crippen LogP contribution in [-0.2, 0) is 6.54 Å². The van der Waals surface area contributed by atoms with Crippen LogP contribution >= 0.6 is 0 Å². The van der Waals surface area contributed by atoms with Gasteiger partial charge in [-0.3, -0.25) is 0 Å². The number of carbonyl (C=O) groups is 1. The molecule has 1 aliphatic carbocycles. The predicted molar refractivity (Wildman–Crippen MR) is 90.5 cm³/mol. The van der Waals surface area contributed by atoms with Crippen LogP contribution in [0.1, 0.15) is 48.8 Å². The van der Waals surface area contributed by atoms with E-state index < -0.39 is 0 Å². The van der Waals surface area contributed by atoms with Crippen LogP contribution in [0.3, 0.4) is 0 Å². The monoisotopic (exact) mass is 325 g/mol. The number of amides is 2. The molecule has 24 heavy (non-hydrogen) atoms. The fourth-order valence-corrected chi connectivity index (χ4v) is 3.37. The van der Waals surface area contributed by atoms with Crippen molar-refractivity contribution in [3.63, 3.8) is 0 Å². The Morgan fingerprint density at radius 3 is 2.75 bits per heavy atom. The molecule has 2 fully saturated rings. The molecule has 1 atom stereocenters. The van der Waals surface area contributed by atoms with Crippen LogP contribution in [0.2, 0.25) is 0 Å². The van der Waals surface area contributed by atoms with E-state index in [0.29, 0.717) is 13.1 Å². The van der Waals surface area contributed by atoms with E-state index in [9.17, 15) is 4.79 Å². The maximum atomic E-state index is 12.4. The maximum Gasteiger partial charge on any atom is 0.317 e. The van der Waals surface area contributed by atoms with Crippen LogP contribution < -0.4 is 5.32 Å². The van der Waals surface area contributed by atoms with Crippen molar-refractivity contribution in [2.45, 2.75) is 44.2 Å². The molecule has 2 amide bonds. The van der Waals surface area contributed by atoms with E-state index in [2.05, 4.69) is 39.7 Å². The first-order valence-corrected chi connectivity index (χ1v) is 8.75. The fraction of sp³-hybridized carbons (Fsp3) is 0.500. The van der Waals surface area contributed by atoms with Crippen molar-refractivity contribution in [3.8, 4) is 0 Å². The lowest BCUT2D eigenvalue weighted by Gasteiger charge is -2.32. The van der Waals surface area contributed by atoms with Crippen molar-refractivity contribution in [3.05, 3.63) is 48.0 Å². The molecule has 1 saturated heterocycles. The zero-order valence-corrected chi connectivity index (χ0v) is 13.8. The van der Waals surface area contributed by atoms with E-state index in [-0.39, 0.29) is 12.1 Å². The Bertz CT molecular complexity index is 678. The highest BCUT2D eigenvalue weighted by molar-refractivity contribution is 5.74. The molecule has 1 N–H and O–H groups in total. The van der Waals surface area contributed by atoms with Crippen LogP contribution in [0.25, 0.3) is 0 Å². The van der Waals surface area contributed by atoms with Gasteiger partial charge < -0.3 is 10.2 Å². The molecular weight excluding hydrogens is 302 g/mol. The number of nitrogens with one attached hydrogen (secondary N) is 1.